The van der Waals surface area contributed by atoms with Crippen LogP contribution in [-0.4, -0.2) is 29.8 Å². The zero-order valence-electron chi connectivity index (χ0n) is 16.3. The summed E-state index contributed by atoms with van der Waals surface area (Å²) in [6.07, 6.45) is 1.63. The highest BCUT2D eigenvalue weighted by Crippen LogP contribution is 2.32. The van der Waals surface area contributed by atoms with E-state index in [0.717, 1.165) is 5.56 Å². The average Bonchev–Trinajstić information content (AvgIpc) is 3.34. The number of hydrazone groups is 1. The van der Waals surface area contributed by atoms with Crippen LogP contribution in [0.5, 0.6) is 5.75 Å². The number of anilines is 1. The van der Waals surface area contributed by atoms with Gasteiger partial charge in [-0.1, -0.05) is 18.2 Å². The third-order valence-electron chi connectivity index (χ3n) is 4.69. The Morgan fingerprint density at radius 2 is 1.93 bits per heavy atom. The number of carbonyl (C=O) groups excluding carboxylic acids is 1. The molecule has 1 aromatic heterocycles. The second-order valence-electron chi connectivity index (χ2n) is 6.62. The van der Waals surface area contributed by atoms with Crippen molar-refractivity contribution in [1.82, 2.24) is 0 Å². The van der Waals surface area contributed by atoms with Crippen LogP contribution in [0.15, 0.2) is 75.8 Å². The Bertz CT molecular complexity index is 1210. The van der Waals surface area contributed by atoms with Crippen molar-refractivity contribution in [3.8, 4) is 17.1 Å². The molecule has 1 aliphatic heterocycles. The topological polar surface area (TPSA) is 92.3 Å². The molecular weight excluding hydrogens is 384 g/mol. The van der Waals surface area contributed by atoms with Crippen molar-refractivity contribution in [2.45, 2.75) is 6.92 Å². The summed E-state index contributed by atoms with van der Waals surface area (Å²) in [7, 11) is 1.59. The summed E-state index contributed by atoms with van der Waals surface area (Å²) in [5.74, 6) is 0.371. The quantitative estimate of drug-likeness (QED) is 0.636. The predicted molar refractivity (Wildman–Crippen MR) is 113 cm³/mol. The van der Waals surface area contributed by atoms with Crippen molar-refractivity contribution >= 4 is 29.4 Å². The first-order valence-corrected chi connectivity index (χ1v) is 9.16. The molecule has 7 nitrogen and oxygen atoms in total. The van der Waals surface area contributed by atoms with Crippen molar-refractivity contribution < 1.29 is 23.8 Å². The van der Waals surface area contributed by atoms with Gasteiger partial charge in [0.25, 0.3) is 5.91 Å². The molecule has 4 rings (SSSR count). The lowest BCUT2D eigenvalue weighted by Gasteiger charge is -2.12. The molecule has 30 heavy (non-hydrogen) atoms. The van der Waals surface area contributed by atoms with Gasteiger partial charge >= 0.3 is 5.97 Å². The lowest BCUT2D eigenvalue weighted by Crippen LogP contribution is -2.21. The third-order valence-corrected chi connectivity index (χ3v) is 4.69. The van der Waals surface area contributed by atoms with Crippen LogP contribution in [0.1, 0.15) is 23.0 Å². The van der Waals surface area contributed by atoms with Gasteiger partial charge in [0.05, 0.1) is 35.2 Å². The maximum absolute atomic E-state index is 12.9. The maximum Gasteiger partial charge on any atom is 0.335 e. The van der Waals surface area contributed by atoms with Crippen molar-refractivity contribution in [2.24, 2.45) is 5.10 Å². The summed E-state index contributed by atoms with van der Waals surface area (Å²) in [6.45, 7) is 1.72. The van der Waals surface area contributed by atoms with E-state index in [1.165, 1.54) is 17.1 Å². The average molecular weight is 402 g/mol. The third kappa shape index (κ3) is 3.48. The summed E-state index contributed by atoms with van der Waals surface area (Å²) in [6, 6.07) is 17.1. The highest BCUT2D eigenvalue weighted by atomic mass is 16.5. The van der Waals surface area contributed by atoms with Gasteiger partial charge in [0.15, 0.2) is 0 Å². The number of nitrogens with zero attached hydrogens (tertiary/aromatic N) is 2. The molecule has 1 aliphatic rings. The summed E-state index contributed by atoms with van der Waals surface area (Å²) in [5, 5.41) is 14.7. The predicted octanol–water partition coefficient (Wildman–Crippen LogP) is 4.46. The zero-order valence-corrected chi connectivity index (χ0v) is 16.3. The first-order valence-electron chi connectivity index (χ1n) is 9.16. The van der Waals surface area contributed by atoms with Gasteiger partial charge in [-0.15, -0.1) is 0 Å². The number of rotatable bonds is 5. The maximum atomic E-state index is 12.9. The monoisotopic (exact) mass is 402 g/mol. The van der Waals surface area contributed by atoms with E-state index in [0.29, 0.717) is 34.2 Å². The van der Waals surface area contributed by atoms with Crippen LogP contribution >= 0.6 is 0 Å². The number of para-hydroxylation sites is 1. The van der Waals surface area contributed by atoms with E-state index in [2.05, 4.69) is 5.10 Å². The molecule has 0 atom stereocenters. The van der Waals surface area contributed by atoms with E-state index in [-0.39, 0.29) is 11.5 Å². The fourth-order valence-corrected chi connectivity index (χ4v) is 3.20. The summed E-state index contributed by atoms with van der Waals surface area (Å²) in [5.41, 5.74) is 2.15. The van der Waals surface area contributed by atoms with E-state index in [4.69, 9.17) is 9.15 Å². The zero-order chi connectivity index (χ0) is 21.3. The number of aromatic carboxylic acids is 1. The molecule has 0 radical (unpaired) electrons. The molecule has 3 aromatic rings. The van der Waals surface area contributed by atoms with Crippen LogP contribution in [-0.2, 0) is 4.79 Å². The van der Waals surface area contributed by atoms with Crippen LogP contribution in [0, 0.1) is 0 Å². The number of carboxylic acid groups (broad SMARTS) is 1. The molecule has 2 heterocycles. The largest absolute Gasteiger partial charge is 0.496 e. The number of ether oxygens (including phenoxy) is 1. The van der Waals surface area contributed by atoms with Crippen LogP contribution in [0.2, 0.25) is 0 Å². The van der Waals surface area contributed by atoms with E-state index in [9.17, 15) is 14.7 Å². The SMILES string of the molecule is COc1ccccc1-c1ccc(/C=C2\C(=O)N(c3cccc(C(=O)O)c3)N=C2C)o1. The summed E-state index contributed by atoms with van der Waals surface area (Å²) >= 11 is 0. The first-order chi connectivity index (χ1) is 14.5. The number of benzene rings is 2. The second-order valence-corrected chi connectivity index (χ2v) is 6.62. The number of carboxylic acids is 1. The van der Waals surface area contributed by atoms with E-state index < -0.39 is 5.97 Å². The van der Waals surface area contributed by atoms with Gasteiger partial charge < -0.3 is 14.3 Å². The van der Waals surface area contributed by atoms with Crippen LogP contribution in [0.4, 0.5) is 5.69 Å². The lowest BCUT2D eigenvalue weighted by molar-refractivity contribution is -0.114. The van der Waals surface area contributed by atoms with E-state index in [1.54, 1.807) is 38.3 Å². The highest BCUT2D eigenvalue weighted by molar-refractivity contribution is 6.32. The van der Waals surface area contributed by atoms with Gasteiger partial charge in [-0.2, -0.15) is 10.1 Å². The van der Waals surface area contributed by atoms with Crippen LogP contribution in [0.3, 0.4) is 0 Å². The number of amides is 1. The highest BCUT2D eigenvalue weighted by Gasteiger charge is 2.29. The number of methoxy groups -OCH3 is 1. The summed E-state index contributed by atoms with van der Waals surface area (Å²) < 4.78 is 11.3. The van der Waals surface area contributed by atoms with Gasteiger partial charge in [0.1, 0.15) is 17.3 Å². The standard InChI is InChI=1S/C23H18N2O5/c1-14-19(22(26)25(24-14)16-7-5-6-15(12-16)23(27)28)13-17-10-11-21(30-17)18-8-3-4-9-20(18)29-2/h3-13H,1-2H3,(H,27,28)/b19-13-. The van der Waals surface area contributed by atoms with Crippen molar-refractivity contribution in [1.29, 1.82) is 0 Å². The fourth-order valence-electron chi connectivity index (χ4n) is 3.20. The minimum Gasteiger partial charge on any atom is -0.496 e. The Morgan fingerprint density at radius 1 is 1.13 bits per heavy atom. The van der Waals surface area contributed by atoms with E-state index >= 15 is 0 Å². The van der Waals surface area contributed by atoms with Gasteiger partial charge in [-0.05, 0) is 55.5 Å². The number of hydrogen-bond acceptors (Lipinski definition) is 5. The Hall–Kier alpha value is -4.13. The molecule has 7 heteroatoms. The van der Waals surface area contributed by atoms with Crippen LogP contribution in [0.25, 0.3) is 17.4 Å². The molecule has 1 N–H and O–H groups in total. The molecule has 0 spiro atoms. The normalized spacial score (nSPS) is 14.9. The minimum absolute atomic E-state index is 0.0815. The molecule has 0 aliphatic carbocycles. The molecule has 0 saturated carbocycles. The van der Waals surface area contributed by atoms with Crippen molar-refractivity contribution in [3.05, 3.63) is 77.6 Å². The van der Waals surface area contributed by atoms with E-state index in [1.807, 2.05) is 30.3 Å². The smallest absolute Gasteiger partial charge is 0.335 e. The van der Waals surface area contributed by atoms with Gasteiger partial charge in [0.2, 0.25) is 0 Å². The van der Waals surface area contributed by atoms with Gasteiger partial charge in [-0.3, -0.25) is 4.79 Å². The summed E-state index contributed by atoms with van der Waals surface area (Å²) in [4.78, 5) is 24.1. The Kier molecular flexibility index (Phi) is 4.93. The molecular formula is C23H18N2O5. The molecule has 1 amide bonds. The van der Waals surface area contributed by atoms with Crippen molar-refractivity contribution in [3.63, 3.8) is 0 Å². The number of furan rings is 1. The molecule has 0 unspecified atom stereocenters. The van der Waals surface area contributed by atoms with Gasteiger partial charge in [-0.25, -0.2) is 4.79 Å². The van der Waals surface area contributed by atoms with Gasteiger partial charge in [0, 0.05) is 0 Å². The number of hydrogen-bond donors (Lipinski definition) is 1. The minimum atomic E-state index is -1.07. The van der Waals surface area contributed by atoms with Crippen LogP contribution < -0.4 is 9.75 Å². The fraction of sp³-hybridized carbons (Fsp3) is 0.0870. The second kappa shape index (κ2) is 7.71. The molecule has 2 aromatic carbocycles. The Morgan fingerprint density at radius 3 is 2.70 bits per heavy atom. The number of carbonyl (C=O) groups is 2. The molecule has 0 fully saturated rings. The molecule has 150 valence electrons. The first kappa shape index (κ1) is 19.2. The lowest BCUT2D eigenvalue weighted by atomic mass is 10.1. The van der Waals surface area contributed by atoms with Crippen molar-refractivity contribution in [2.75, 3.05) is 12.1 Å². The Balaban J connectivity index is 1.64. The Labute approximate surface area is 172 Å². The molecule has 0 bridgehead atoms. The molecule has 0 saturated heterocycles.